The van der Waals surface area contributed by atoms with Crippen LogP contribution in [0.4, 0.5) is 0 Å². The number of aliphatic carboxylic acids is 1. The Kier molecular flexibility index (Phi) is 9.28. The van der Waals surface area contributed by atoms with Crippen molar-refractivity contribution in [3.8, 4) is 0 Å². The molecule has 2 aliphatic rings. The molecule has 2 rings (SSSR count). The van der Waals surface area contributed by atoms with Crippen molar-refractivity contribution in [2.75, 3.05) is 6.61 Å². The lowest BCUT2D eigenvalue weighted by atomic mass is 9.95. The molecular weight excluding hydrogens is 280 g/mol. The van der Waals surface area contributed by atoms with Crippen molar-refractivity contribution in [3.63, 3.8) is 0 Å². The Morgan fingerprint density at radius 3 is 2.05 bits per heavy atom. The quantitative estimate of drug-likeness (QED) is 0.471. The molecule has 4 nitrogen and oxygen atoms in total. The summed E-state index contributed by atoms with van der Waals surface area (Å²) in [6.45, 7) is 2.69. The maximum absolute atomic E-state index is 11.4. The minimum absolute atomic E-state index is 0.00204. The number of allylic oxidation sites excluding steroid dienone is 4. The van der Waals surface area contributed by atoms with Crippen LogP contribution in [-0.2, 0) is 14.3 Å². The number of carboxylic acid groups (broad SMARTS) is 1. The van der Waals surface area contributed by atoms with E-state index in [9.17, 15) is 9.59 Å². The molecule has 0 radical (unpaired) electrons. The van der Waals surface area contributed by atoms with Gasteiger partial charge in [0.2, 0.25) is 0 Å². The Hall–Kier alpha value is -1.58. The van der Waals surface area contributed by atoms with Crippen molar-refractivity contribution in [2.45, 2.75) is 58.3 Å². The average molecular weight is 308 g/mol. The predicted octanol–water partition coefficient (Wildman–Crippen LogP) is 4.11. The monoisotopic (exact) mass is 308 g/mol. The molecule has 0 saturated carbocycles. The average Bonchev–Trinajstić information content (AvgIpc) is 2.57. The molecule has 0 aromatic heterocycles. The van der Waals surface area contributed by atoms with Crippen molar-refractivity contribution in [1.29, 1.82) is 0 Å². The number of unbranched alkanes of at least 4 members (excludes halogenated alkanes) is 1. The second kappa shape index (κ2) is 11.0. The van der Waals surface area contributed by atoms with Gasteiger partial charge in [0.1, 0.15) is 0 Å². The maximum atomic E-state index is 11.4. The maximum Gasteiger partial charge on any atom is 0.309 e. The largest absolute Gasteiger partial charge is 0.481 e. The second-order valence-electron chi connectivity index (χ2n) is 5.82. The van der Waals surface area contributed by atoms with E-state index in [1.54, 1.807) is 0 Å². The molecule has 0 amide bonds. The van der Waals surface area contributed by atoms with E-state index in [2.05, 4.69) is 19.1 Å². The minimum atomic E-state index is -0.653. The summed E-state index contributed by atoms with van der Waals surface area (Å²) >= 11 is 0. The number of rotatable bonds is 5. The lowest BCUT2D eigenvalue weighted by molar-refractivity contribution is -0.149. The summed E-state index contributed by atoms with van der Waals surface area (Å²) in [5, 5.41) is 8.50. The molecule has 0 aliphatic heterocycles. The van der Waals surface area contributed by atoms with Gasteiger partial charge < -0.3 is 9.84 Å². The third kappa shape index (κ3) is 7.43. The Bertz CT molecular complexity index is 398. The molecule has 1 N–H and O–H groups in total. The van der Waals surface area contributed by atoms with Crippen LogP contribution in [0.3, 0.4) is 0 Å². The number of esters is 1. The van der Waals surface area contributed by atoms with E-state index < -0.39 is 5.97 Å². The number of carbonyl (C=O) groups is 2. The third-order valence-electron chi connectivity index (χ3n) is 3.96. The lowest BCUT2D eigenvalue weighted by Crippen LogP contribution is -2.19. The van der Waals surface area contributed by atoms with Crippen molar-refractivity contribution in [3.05, 3.63) is 24.3 Å². The van der Waals surface area contributed by atoms with Crippen LogP contribution in [-0.4, -0.2) is 23.7 Å². The zero-order valence-corrected chi connectivity index (χ0v) is 13.5. The van der Waals surface area contributed by atoms with Crippen molar-refractivity contribution in [1.82, 2.24) is 0 Å². The summed E-state index contributed by atoms with van der Waals surface area (Å²) in [6, 6.07) is 0. The fraction of sp³-hybridized carbons (Fsp3) is 0.667. The van der Waals surface area contributed by atoms with Crippen molar-refractivity contribution >= 4 is 11.9 Å². The summed E-state index contributed by atoms with van der Waals surface area (Å²) in [4.78, 5) is 21.7. The van der Waals surface area contributed by atoms with Gasteiger partial charge >= 0.3 is 11.9 Å². The van der Waals surface area contributed by atoms with Gasteiger partial charge in [0.15, 0.2) is 0 Å². The minimum Gasteiger partial charge on any atom is -0.481 e. The highest BCUT2D eigenvalue weighted by Gasteiger charge is 2.19. The summed E-state index contributed by atoms with van der Waals surface area (Å²) in [5.41, 5.74) is 0. The standard InChI is InChI=1S/C11H18O2.C7H10O2/c1-2-3-9-13-11(12)10-7-5-4-6-8-10;8-7(9)6-4-2-1-3-5-6/h4-5,10H,2-3,6-9H2,1H3;1-2,6H,3-5H2,(H,8,9). The Morgan fingerprint density at radius 2 is 1.64 bits per heavy atom. The van der Waals surface area contributed by atoms with E-state index in [1.165, 1.54) is 0 Å². The molecule has 0 spiro atoms. The molecule has 2 atom stereocenters. The van der Waals surface area contributed by atoms with Crippen LogP contribution in [0.1, 0.15) is 58.3 Å². The van der Waals surface area contributed by atoms with E-state index >= 15 is 0 Å². The van der Waals surface area contributed by atoms with Gasteiger partial charge in [0.25, 0.3) is 0 Å². The first-order chi connectivity index (χ1) is 10.6. The topological polar surface area (TPSA) is 63.6 Å². The van der Waals surface area contributed by atoms with Gasteiger partial charge in [-0.25, -0.2) is 0 Å². The zero-order chi connectivity index (χ0) is 16.2. The van der Waals surface area contributed by atoms with Crippen LogP contribution in [0.2, 0.25) is 0 Å². The number of carboxylic acids is 1. The van der Waals surface area contributed by atoms with Crippen LogP contribution in [0.5, 0.6) is 0 Å². The molecule has 2 unspecified atom stereocenters. The SMILES string of the molecule is CCCCOC(=O)C1CC=CCC1.O=C(O)C1CC=CCC1. The molecule has 0 heterocycles. The van der Waals surface area contributed by atoms with Crippen molar-refractivity contribution in [2.24, 2.45) is 11.8 Å². The smallest absolute Gasteiger partial charge is 0.309 e. The molecule has 0 aromatic carbocycles. The highest BCUT2D eigenvalue weighted by Crippen LogP contribution is 2.19. The Labute approximate surface area is 133 Å². The molecule has 22 heavy (non-hydrogen) atoms. The lowest BCUT2D eigenvalue weighted by Gasteiger charge is -2.15. The van der Waals surface area contributed by atoms with Gasteiger partial charge in [-0.05, 0) is 44.9 Å². The molecule has 0 bridgehead atoms. The molecule has 0 saturated heterocycles. The van der Waals surface area contributed by atoms with Crippen LogP contribution in [0.25, 0.3) is 0 Å². The van der Waals surface area contributed by atoms with Crippen molar-refractivity contribution < 1.29 is 19.4 Å². The first-order valence-corrected chi connectivity index (χ1v) is 8.34. The molecule has 2 aliphatic carbocycles. The summed E-state index contributed by atoms with van der Waals surface area (Å²) < 4.78 is 5.15. The second-order valence-corrected chi connectivity index (χ2v) is 5.82. The molecule has 124 valence electrons. The first kappa shape index (κ1) is 18.5. The zero-order valence-electron chi connectivity index (χ0n) is 13.5. The number of hydrogen-bond acceptors (Lipinski definition) is 3. The van der Waals surface area contributed by atoms with E-state index in [0.717, 1.165) is 51.4 Å². The summed E-state index contributed by atoms with van der Waals surface area (Å²) in [7, 11) is 0. The van der Waals surface area contributed by atoms with Crippen LogP contribution in [0.15, 0.2) is 24.3 Å². The Morgan fingerprint density at radius 1 is 1.05 bits per heavy atom. The fourth-order valence-corrected chi connectivity index (χ4v) is 2.46. The van der Waals surface area contributed by atoms with E-state index in [-0.39, 0.29) is 17.8 Å². The van der Waals surface area contributed by atoms with E-state index in [4.69, 9.17) is 9.84 Å². The van der Waals surface area contributed by atoms with Crippen LogP contribution >= 0.6 is 0 Å². The summed E-state index contributed by atoms with van der Waals surface area (Å²) in [5.74, 6) is -0.644. The number of hydrogen-bond donors (Lipinski definition) is 1. The van der Waals surface area contributed by atoms with Gasteiger partial charge in [0.05, 0.1) is 18.4 Å². The van der Waals surface area contributed by atoms with Crippen LogP contribution < -0.4 is 0 Å². The highest BCUT2D eigenvalue weighted by molar-refractivity contribution is 5.72. The molecule has 0 aromatic rings. The van der Waals surface area contributed by atoms with E-state index in [1.807, 2.05) is 12.2 Å². The normalized spacial score (nSPS) is 23.3. The van der Waals surface area contributed by atoms with Gasteiger partial charge in [-0.2, -0.15) is 0 Å². The summed E-state index contributed by atoms with van der Waals surface area (Å²) in [6.07, 6.45) is 15.6. The number of ether oxygens (including phenoxy) is 1. The van der Waals surface area contributed by atoms with Gasteiger partial charge in [-0.15, -0.1) is 0 Å². The highest BCUT2D eigenvalue weighted by atomic mass is 16.5. The van der Waals surface area contributed by atoms with Gasteiger partial charge in [-0.1, -0.05) is 37.6 Å². The third-order valence-corrected chi connectivity index (χ3v) is 3.96. The predicted molar refractivity (Wildman–Crippen MR) is 86.5 cm³/mol. The molecular formula is C18H28O4. The molecule has 4 heteroatoms. The number of carbonyl (C=O) groups excluding carboxylic acids is 1. The fourth-order valence-electron chi connectivity index (χ4n) is 2.46. The van der Waals surface area contributed by atoms with Gasteiger partial charge in [0, 0.05) is 0 Å². The molecule has 0 fully saturated rings. The Balaban J connectivity index is 0.000000235. The van der Waals surface area contributed by atoms with Gasteiger partial charge in [-0.3, -0.25) is 9.59 Å². The first-order valence-electron chi connectivity index (χ1n) is 8.34. The van der Waals surface area contributed by atoms with Crippen LogP contribution in [0, 0.1) is 11.8 Å². The van der Waals surface area contributed by atoms with E-state index in [0.29, 0.717) is 6.61 Å².